The van der Waals surface area contributed by atoms with Crippen molar-refractivity contribution in [3.63, 3.8) is 0 Å². The van der Waals surface area contributed by atoms with Crippen molar-refractivity contribution in [1.82, 2.24) is 10.3 Å². The molecule has 0 spiro atoms. The van der Waals surface area contributed by atoms with Gasteiger partial charge in [0, 0.05) is 28.7 Å². The van der Waals surface area contributed by atoms with Crippen LogP contribution in [0.15, 0.2) is 85.1 Å². The van der Waals surface area contributed by atoms with Gasteiger partial charge in [-0.1, -0.05) is 41.9 Å². The van der Waals surface area contributed by atoms with E-state index >= 15 is 0 Å². The number of rotatable bonds is 5. The van der Waals surface area contributed by atoms with E-state index in [0.29, 0.717) is 28.6 Å². The van der Waals surface area contributed by atoms with Crippen molar-refractivity contribution in [3.8, 4) is 11.5 Å². The van der Waals surface area contributed by atoms with Crippen LogP contribution in [0.4, 0.5) is 0 Å². The van der Waals surface area contributed by atoms with Crippen LogP contribution in [0.25, 0.3) is 10.9 Å². The molecular formula is C23H17ClN2O2. The third-order valence-corrected chi connectivity index (χ3v) is 4.51. The minimum absolute atomic E-state index is 0.176. The van der Waals surface area contributed by atoms with E-state index in [-0.39, 0.29) is 5.91 Å². The molecule has 4 rings (SSSR count). The van der Waals surface area contributed by atoms with Crippen LogP contribution in [0.3, 0.4) is 0 Å². The van der Waals surface area contributed by atoms with E-state index in [9.17, 15) is 4.79 Å². The molecule has 0 unspecified atom stereocenters. The van der Waals surface area contributed by atoms with Crippen LogP contribution in [-0.2, 0) is 6.54 Å². The minimum Gasteiger partial charge on any atom is -0.457 e. The molecule has 1 heterocycles. The van der Waals surface area contributed by atoms with Crippen LogP contribution in [0, 0.1) is 0 Å². The Morgan fingerprint density at radius 1 is 0.964 bits per heavy atom. The van der Waals surface area contributed by atoms with Crippen molar-refractivity contribution in [1.29, 1.82) is 0 Å². The molecule has 4 nitrogen and oxygen atoms in total. The van der Waals surface area contributed by atoms with Gasteiger partial charge in [0.05, 0.1) is 5.52 Å². The maximum atomic E-state index is 12.5. The third-order valence-electron chi connectivity index (χ3n) is 4.28. The fraction of sp³-hybridized carbons (Fsp3) is 0.0435. The normalized spacial score (nSPS) is 10.6. The molecule has 28 heavy (non-hydrogen) atoms. The predicted octanol–water partition coefficient (Wildman–Crippen LogP) is 5.61. The average molecular weight is 389 g/mol. The van der Waals surface area contributed by atoms with Gasteiger partial charge in [-0.25, -0.2) is 0 Å². The molecular weight excluding hydrogens is 372 g/mol. The lowest BCUT2D eigenvalue weighted by Gasteiger charge is -2.10. The van der Waals surface area contributed by atoms with Gasteiger partial charge >= 0.3 is 0 Å². The van der Waals surface area contributed by atoms with Gasteiger partial charge in [0.2, 0.25) is 0 Å². The Labute approximate surface area is 167 Å². The van der Waals surface area contributed by atoms with E-state index in [1.165, 1.54) is 0 Å². The Kier molecular flexibility index (Phi) is 5.22. The number of ether oxygens (including phenoxy) is 1. The number of aromatic nitrogens is 1. The fourth-order valence-corrected chi connectivity index (χ4v) is 3.13. The lowest BCUT2D eigenvalue weighted by molar-refractivity contribution is 0.0950. The van der Waals surface area contributed by atoms with Crippen molar-refractivity contribution in [2.75, 3.05) is 0 Å². The predicted molar refractivity (Wildman–Crippen MR) is 111 cm³/mol. The smallest absolute Gasteiger partial charge is 0.251 e. The molecule has 138 valence electrons. The summed E-state index contributed by atoms with van der Waals surface area (Å²) in [5.74, 6) is 1.11. The second-order valence-electron chi connectivity index (χ2n) is 6.27. The summed E-state index contributed by atoms with van der Waals surface area (Å²) >= 11 is 5.98. The highest BCUT2D eigenvalue weighted by molar-refractivity contribution is 6.30. The zero-order valence-corrected chi connectivity index (χ0v) is 15.7. The van der Waals surface area contributed by atoms with Gasteiger partial charge in [-0.15, -0.1) is 0 Å². The van der Waals surface area contributed by atoms with Crippen LogP contribution in [0.2, 0.25) is 5.02 Å². The highest BCUT2D eigenvalue weighted by Crippen LogP contribution is 2.28. The quantitative estimate of drug-likeness (QED) is 0.483. The second kappa shape index (κ2) is 8.11. The van der Waals surface area contributed by atoms with Crippen LogP contribution in [0.1, 0.15) is 15.9 Å². The number of nitrogens with zero attached hydrogens (tertiary/aromatic N) is 1. The molecule has 0 aliphatic carbocycles. The number of carbonyl (C=O) groups is 1. The highest BCUT2D eigenvalue weighted by atomic mass is 35.5. The van der Waals surface area contributed by atoms with Crippen LogP contribution in [-0.4, -0.2) is 10.9 Å². The van der Waals surface area contributed by atoms with E-state index in [2.05, 4.69) is 10.3 Å². The molecule has 1 amide bonds. The Morgan fingerprint density at radius 2 is 1.82 bits per heavy atom. The molecule has 0 saturated heterocycles. The number of benzene rings is 3. The lowest BCUT2D eigenvalue weighted by Crippen LogP contribution is -2.22. The SMILES string of the molecule is O=C(NCc1cccc(Cl)c1)c1cccc(Oc2ccnc3ccccc23)c1. The van der Waals surface area contributed by atoms with Gasteiger partial charge in [-0.05, 0) is 54.1 Å². The van der Waals surface area contributed by atoms with E-state index in [4.69, 9.17) is 16.3 Å². The highest BCUT2D eigenvalue weighted by Gasteiger charge is 2.09. The number of nitrogens with one attached hydrogen (secondary N) is 1. The average Bonchev–Trinajstić information content (AvgIpc) is 2.73. The summed E-state index contributed by atoms with van der Waals surface area (Å²) in [4.78, 5) is 16.8. The van der Waals surface area contributed by atoms with Crippen molar-refractivity contribution in [2.24, 2.45) is 0 Å². The number of hydrogen-bond donors (Lipinski definition) is 1. The molecule has 0 saturated carbocycles. The van der Waals surface area contributed by atoms with Crippen molar-refractivity contribution < 1.29 is 9.53 Å². The van der Waals surface area contributed by atoms with Gasteiger partial charge in [0.1, 0.15) is 11.5 Å². The monoisotopic (exact) mass is 388 g/mol. The maximum Gasteiger partial charge on any atom is 0.251 e. The number of amides is 1. The molecule has 5 heteroatoms. The van der Waals surface area contributed by atoms with E-state index in [1.54, 1.807) is 30.5 Å². The summed E-state index contributed by atoms with van der Waals surface area (Å²) in [6.07, 6.45) is 1.71. The molecule has 4 aromatic rings. The summed E-state index contributed by atoms with van der Waals surface area (Å²) in [5.41, 5.74) is 2.32. The largest absolute Gasteiger partial charge is 0.457 e. The van der Waals surface area contributed by atoms with Crippen molar-refractivity contribution in [3.05, 3.63) is 101 Å². The molecule has 1 N–H and O–H groups in total. The second-order valence-corrected chi connectivity index (χ2v) is 6.71. The number of fused-ring (bicyclic) bond motifs is 1. The first-order valence-electron chi connectivity index (χ1n) is 8.83. The van der Waals surface area contributed by atoms with Gasteiger partial charge in [0.25, 0.3) is 5.91 Å². The number of carbonyl (C=O) groups excluding carboxylic acids is 1. The molecule has 0 aliphatic rings. The van der Waals surface area contributed by atoms with Crippen LogP contribution in [0.5, 0.6) is 11.5 Å². The van der Waals surface area contributed by atoms with Crippen LogP contribution >= 0.6 is 11.6 Å². The summed E-state index contributed by atoms with van der Waals surface area (Å²) < 4.78 is 6.02. The standard InChI is InChI=1S/C23H17ClN2O2/c24-18-7-3-5-16(13-18)15-26-23(27)17-6-4-8-19(14-17)28-22-11-12-25-21-10-2-1-9-20(21)22/h1-14H,15H2,(H,26,27). The summed E-state index contributed by atoms with van der Waals surface area (Å²) in [6, 6.07) is 24.1. The molecule has 0 atom stereocenters. The Hall–Kier alpha value is -3.37. The van der Waals surface area contributed by atoms with Gasteiger partial charge in [-0.3, -0.25) is 9.78 Å². The lowest BCUT2D eigenvalue weighted by atomic mass is 10.1. The summed E-state index contributed by atoms with van der Waals surface area (Å²) in [7, 11) is 0. The van der Waals surface area contributed by atoms with E-state index in [0.717, 1.165) is 16.5 Å². The maximum absolute atomic E-state index is 12.5. The first kappa shape index (κ1) is 18.0. The van der Waals surface area contributed by atoms with Gasteiger partial charge < -0.3 is 10.1 Å². The van der Waals surface area contributed by atoms with Gasteiger partial charge in [-0.2, -0.15) is 0 Å². The molecule has 0 bridgehead atoms. The third kappa shape index (κ3) is 4.13. The zero-order valence-electron chi connectivity index (χ0n) is 14.9. The Balaban J connectivity index is 1.50. The van der Waals surface area contributed by atoms with E-state index < -0.39 is 0 Å². The first-order valence-corrected chi connectivity index (χ1v) is 9.21. The molecule has 0 aliphatic heterocycles. The zero-order chi connectivity index (χ0) is 19.3. The summed E-state index contributed by atoms with van der Waals surface area (Å²) in [5, 5.41) is 4.46. The molecule has 3 aromatic carbocycles. The van der Waals surface area contributed by atoms with Crippen molar-refractivity contribution >= 4 is 28.4 Å². The number of para-hydroxylation sites is 1. The first-order chi connectivity index (χ1) is 13.7. The van der Waals surface area contributed by atoms with Crippen LogP contribution < -0.4 is 10.1 Å². The van der Waals surface area contributed by atoms with Crippen molar-refractivity contribution in [2.45, 2.75) is 6.54 Å². The van der Waals surface area contributed by atoms with E-state index in [1.807, 2.05) is 54.6 Å². The molecule has 1 aromatic heterocycles. The van der Waals surface area contributed by atoms with Gasteiger partial charge in [0.15, 0.2) is 0 Å². The number of hydrogen-bond acceptors (Lipinski definition) is 3. The fourth-order valence-electron chi connectivity index (χ4n) is 2.92. The Morgan fingerprint density at radius 3 is 2.71 bits per heavy atom. The minimum atomic E-state index is -0.176. The summed E-state index contributed by atoms with van der Waals surface area (Å²) in [6.45, 7) is 0.402. The number of halogens is 1. The number of pyridine rings is 1. The Bertz CT molecular complexity index is 1140. The molecule has 0 fully saturated rings. The molecule has 0 radical (unpaired) electrons. The topological polar surface area (TPSA) is 51.2 Å².